The number of sulfonamides is 1. The molecule has 0 bridgehead atoms. The molecular formula is C22H19NO3S3. The molecule has 7 heteroatoms. The topological polar surface area (TPSA) is 66.4 Å². The molecular weight excluding hydrogens is 422 g/mol. The number of aromatic hydroxyl groups is 1. The number of phenolic OH excluding ortho intramolecular Hbond substituents is 1. The van der Waals surface area contributed by atoms with Gasteiger partial charge in [-0.1, -0.05) is 61.2 Å². The van der Waals surface area contributed by atoms with Gasteiger partial charge in [-0.3, -0.25) is 4.72 Å². The van der Waals surface area contributed by atoms with Crippen molar-refractivity contribution < 1.29 is 13.5 Å². The third-order valence-corrected chi connectivity index (χ3v) is 8.57. The fraction of sp³-hybridized carbons (Fsp3) is 0.0909. The molecule has 4 rings (SSSR count). The first-order valence-corrected chi connectivity index (χ1v) is 12.2. The van der Waals surface area contributed by atoms with Gasteiger partial charge in [-0.2, -0.15) is 0 Å². The fourth-order valence-electron chi connectivity index (χ4n) is 3.00. The van der Waals surface area contributed by atoms with Crippen LogP contribution in [0.25, 0.3) is 10.8 Å². The summed E-state index contributed by atoms with van der Waals surface area (Å²) in [6.07, 6.45) is 0.792. The van der Waals surface area contributed by atoms with Gasteiger partial charge in [0.05, 0.1) is 10.6 Å². The highest BCUT2D eigenvalue weighted by Gasteiger charge is 2.20. The molecule has 4 aromatic rings. The third kappa shape index (κ3) is 4.12. The van der Waals surface area contributed by atoms with Crippen LogP contribution in [0.2, 0.25) is 0 Å². The quantitative estimate of drug-likeness (QED) is 0.354. The first kappa shape index (κ1) is 19.8. The van der Waals surface area contributed by atoms with E-state index in [0.29, 0.717) is 21.4 Å². The zero-order chi connectivity index (χ0) is 20.4. The largest absolute Gasteiger partial charge is 0.506 e. The molecule has 4 nitrogen and oxygen atoms in total. The second-order valence-corrected chi connectivity index (χ2v) is 10.6. The van der Waals surface area contributed by atoms with Gasteiger partial charge in [-0.15, -0.1) is 11.3 Å². The highest BCUT2D eigenvalue weighted by Crippen LogP contribution is 2.43. The average molecular weight is 442 g/mol. The van der Waals surface area contributed by atoms with Crippen molar-refractivity contribution in [1.82, 2.24) is 0 Å². The van der Waals surface area contributed by atoms with Gasteiger partial charge in [0.15, 0.2) is 0 Å². The zero-order valence-corrected chi connectivity index (χ0v) is 18.1. The van der Waals surface area contributed by atoms with Crippen molar-refractivity contribution in [3.63, 3.8) is 0 Å². The summed E-state index contributed by atoms with van der Waals surface area (Å²) in [7, 11) is -3.72. The summed E-state index contributed by atoms with van der Waals surface area (Å²) in [5.74, 6) is 0.141. The van der Waals surface area contributed by atoms with Crippen LogP contribution in [0.1, 0.15) is 11.8 Å². The normalized spacial score (nSPS) is 11.6. The van der Waals surface area contributed by atoms with Gasteiger partial charge in [0.1, 0.15) is 9.96 Å². The van der Waals surface area contributed by atoms with Gasteiger partial charge in [-0.25, -0.2) is 8.42 Å². The van der Waals surface area contributed by atoms with Crippen molar-refractivity contribution in [2.45, 2.75) is 27.3 Å². The Morgan fingerprint density at radius 3 is 2.34 bits per heavy atom. The summed E-state index contributed by atoms with van der Waals surface area (Å²) >= 11 is 2.66. The van der Waals surface area contributed by atoms with Crippen LogP contribution >= 0.6 is 23.1 Å². The summed E-state index contributed by atoms with van der Waals surface area (Å²) in [6, 6.07) is 22.1. The van der Waals surface area contributed by atoms with Crippen LogP contribution in [0.5, 0.6) is 5.75 Å². The van der Waals surface area contributed by atoms with Gasteiger partial charge >= 0.3 is 0 Å². The maximum absolute atomic E-state index is 13.0. The summed E-state index contributed by atoms with van der Waals surface area (Å²) in [4.78, 5) is 2.56. The number of fused-ring (bicyclic) bond motifs is 1. The third-order valence-electron chi connectivity index (χ3n) is 4.45. The summed E-state index contributed by atoms with van der Waals surface area (Å²) < 4.78 is 28.9. The van der Waals surface area contributed by atoms with Gasteiger partial charge in [0, 0.05) is 20.5 Å². The number of aryl methyl sites for hydroxylation is 1. The molecule has 1 aromatic heterocycles. The van der Waals surface area contributed by atoms with Gasteiger partial charge in [-0.05, 0) is 36.8 Å². The van der Waals surface area contributed by atoms with Crippen molar-refractivity contribution in [2.24, 2.45) is 0 Å². The number of benzene rings is 3. The van der Waals surface area contributed by atoms with E-state index in [1.54, 1.807) is 24.3 Å². The first-order valence-electron chi connectivity index (χ1n) is 9.07. The molecule has 1 heterocycles. The molecule has 3 aromatic carbocycles. The molecule has 0 spiro atoms. The lowest BCUT2D eigenvalue weighted by Gasteiger charge is -2.14. The first-order chi connectivity index (χ1) is 14.0. The molecule has 0 saturated carbocycles. The molecule has 0 fully saturated rings. The molecule has 29 heavy (non-hydrogen) atoms. The Morgan fingerprint density at radius 1 is 0.966 bits per heavy atom. The highest BCUT2D eigenvalue weighted by atomic mass is 32.2. The monoisotopic (exact) mass is 441 g/mol. The van der Waals surface area contributed by atoms with Crippen molar-refractivity contribution in [3.8, 4) is 5.75 Å². The predicted molar refractivity (Wildman–Crippen MR) is 121 cm³/mol. The number of thiophene rings is 1. The van der Waals surface area contributed by atoms with E-state index in [0.717, 1.165) is 16.2 Å². The zero-order valence-electron chi connectivity index (χ0n) is 15.6. The summed E-state index contributed by atoms with van der Waals surface area (Å²) in [5, 5.41) is 12.0. The summed E-state index contributed by atoms with van der Waals surface area (Å²) in [5.41, 5.74) is 0.447. The van der Waals surface area contributed by atoms with E-state index in [4.69, 9.17) is 0 Å². The maximum atomic E-state index is 13.0. The molecule has 0 aliphatic carbocycles. The van der Waals surface area contributed by atoms with E-state index >= 15 is 0 Å². The van der Waals surface area contributed by atoms with Gasteiger partial charge < -0.3 is 5.11 Å². The van der Waals surface area contributed by atoms with E-state index < -0.39 is 10.0 Å². The minimum atomic E-state index is -3.72. The predicted octanol–water partition coefficient (Wildman–Crippen LogP) is 6.12. The highest BCUT2D eigenvalue weighted by molar-refractivity contribution is 7.99. The molecule has 0 atom stereocenters. The SMILES string of the molecule is CCc1ccc(S(=O)(=O)Nc2cc(Sc3ccccc3)c(O)c3ccccc23)s1. The Hall–Kier alpha value is -2.48. The lowest BCUT2D eigenvalue weighted by molar-refractivity contribution is 0.469. The Balaban J connectivity index is 1.79. The molecule has 0 radical (unpaired) electrons. The van der Waals surface area contributed by atoms with Crippen molar-refractivity contribution >= 4 is 49.6 Å². The number of nitrogens with one attached hydrogen (secondary N) is 1. The van der Waals surface area contributed by atoms with Crippen LogP contribution in [0, 0.1) is 0 Å². The standard InChI is InChI=1S/C22H19NO3S3/c1-2-15-12-13-21(28-15)29(25,26)23-19-14-20(27-16-8-4-3-5-9-16)22(24)18-11-7-6-10-17(18)19/h3-14,23-24H,2H2,1H3. The Bertz CT molecular complexity index is 1270. The fourth-order valence-corrected chi connectivity index (χ4v) is 6.30. The molecule has 0 amide bonds. The smallest absolute Gasteiger partial charge is 0.271 e. The number of hydrogen-bond acceptors (Lipinski definition) is 5. The number of anilines is 1. The minimum Gasteiger partial charge on any atom is -0.506 e. The lowest BCUT2D eigenvalue weighted by atomic mass is 10.1. The second kappa shape index (κ2) is 8.10. The van der Waals surface area contributed by atoms with Crippen LogP contribution in [0.15, 0.2) is 86.8 Å². The van der Waals surface area contributed by atoms with Crippen LogP contribution < -0.4 is 4.72 Å². The molecule has 0 aliphatic rings. The minimum absolute atomic E-state index is 0.141. The van der Waals surface area contributed by atoms with Crippen LogP contribution in [0.3, 0.4) is 0 Å². The molecule has 0 aliphatic heterocycles. The van der Waals surface area contributed by atoms with E-state index in [9.17, 15) is 13.5 Å². The lowest BCUT2D eigenvalue weighted by Crippen LogP contribution is -2.11. The molecule has 148 valence electrons. The number of rotatable bonds is 6. The van der Waals surface area contributed by atoms with E-state index in [1.165, 1.54) is 23.1 Å². The Kier molecular flexibility index (Phi) is 5.54. The van der Waals surface area contributed by atoms with E-state index in [1.807, 2.05) is 55.5 Å². The number of phenols is 1. The Morgan fingerprint density at radius 2 is 1.66 bits per heavy atom. The van der Waals surface area contributed by atoms with Gasteiger partial charge in [0.25, 0.3) is 10.0 Å². The van der Waals surface area contributed by atoms with Crippen LogP contribution in [-0.2, 0) is 16.4 Å². The summed E-state index contributed by atoms with van der Waals surface area (Å²) in [6.45, 7) is 2.00. The van der Waals surface area contributed by atoms with Crippen LogP contribution in [-0.4, -0.2) is 13.5 Å². The Labute approximate surface area is 178 Å². The van der Waals surface area contributed by atoms with Crippen molar-refractivity contribution in [1.29, 1.82) is 0 Å². The van der Waals surface area contributed by atoms with Gasteiger partial charge in [0.2, 0.25) is 0 Å². The second-order valence-electron chi connectivity index (χ2n) is 6.41. The van der Waals surface area contributed by atoms with E-state index in [2.05, 4.69) is 4.72 Å². The molecule has 0 saturated heterocycles. The van der Waals surface area contributed by atoms with Crippen molar-refractivity contribution in [3.05, 3.63) is 77.7 Å². The van der Waals surface area contributed by atoms with E-state index in [-0.39, 0.29) is 9.96 Å². The maximum Gasteiger partial charge on any atom is 0.271 e. The van der Waals surface area contributed by atoms with Crippen molar-refractivity contribution in [2.75, 3.05) is 4.72 Å². The molecule has 2 N–H and O–H groups in total. The molecule has 0 unspecified atom stereocenters. The average Bonchev–Trinajstić information content (AvgIpc) is 3.23. The van der Waals surface area contributed by atoms with Crippen LogP contribution in [0.4, 0.5) is 5.69 Å². The number of hydrogen-bond donors (Lipinski definition) is 2.